The summed E-state index contributed by atoms with van der Waals surface area (Å²) in [6, 6.07) is 10.1. The quantitative estimate of drug-likeness (QED) is 0.431. The van der Waals surface area contributed by atoms with Gasteiger partial charge in [-0.3, -0.25) is 14.6 Å². The molecule has 5 heterocycles. The highest BCUT2D eigenvalue weighted by atomic mass is 32.1. The summed E-state index contributed by atoms with van der Waals surface area (Å²) in [6.45, 7) is 5.93. The number of hydrogen-bond donors (Lipinski definition) is 1. The number of carbonyl (C=O) groups is 1. The van der Waals surface area contributed by atoms with Gasteiger partial charge in [0.2, 0.25) is 5.91 Å². The molecule has 9 nitrogen and oxygen atoms in total. The second-order valence-corrected chi connectivity index (χ2v) is 10.1. The Bertz CT molecular complexity index is 1410. The number of hydrogen-bond acceptors (Lipinski definition) is 7. The molecule has 6 rings (SSSR count). The summed E-state index contributed by atoms with van der Waals surface area (Å²) < 4.78 is 8.47. The lowest BCUT2D eigenvalue weighted by Crippen LogP contribution is -2.39. The zero-order valence-electron chi connectivity index (χ0n) is 20.3. The van der Waals surface area contributed by atoms with Crippen molar-refractivity contribution < 1.29 is 9.53 Å². The second-order valence-electron chi connectivity index (χ2n) is 9.15. The number of rotatable bonds is 5. The molecule has 1 aromatic carbocycles. The largest absolute Gasteiger partial charge is 0.494 e. The molecular formula is C26H27N7O2S. The monoisotopic (exact) mass is 501 g/mol. The molecule has 1 fully saturated rings. The standard InChI is InChI=1S/C26H27N7O2S/c1-16-22(26-29-23(18-6-4-3-5-7-18)24(36-26)25-27-15-28-30-25)21-14-20(10-13-33(21)31-16)35-19-8-11-32(12-9-19)17(2)34/h3-7,14-15,19H,8-13H2,1-2H3,(H,27,28,30). The maximum atomic E-state index is 11.6. The molecule has 184 valence electrons. The minimum absolute atomic E-state index is 0.133. The van der Waals surface area contributed by atoms with Gasteiger partial charge in [-0.1, -0.05) is 30.3 Å². The number of carbonyl (C=O) groups excluding carboxylic acids is 1. The Labute approximate surface area is 212 Å². The van der Waals surface area contributed by atoms with E-state index in [4.69, 9.17) is 14.8 Å². The van der Waals surface area contributed by atoms with E-state index in [1.165, 1.54) is 6.33 Å². The number of nitrogens with one attached hydrogen (secondary N) is 1. The molecule has 2 aliphatic heterocycles. The first-order chi connectivity index (χ1) is 17.6. The number of nitrogens with zero attached hydrogens (tertiary/aromatic N) is 6. The van der Waals surface area contributed by atoms with Gasteiger partial charge in [0, 0.05) is 57.5 Å². The number of fused-ring (bicyclic) bond motifs is 1. The smallest absolute Gasteiger partial charge is 0.219 e. The number of aryl methyl sites for hydroxylation is 2. The van der Waals surface area contributed by atoms with Gasteiger partial charge in [-0.25, -0.2) is 9.97 Å². The van der Waals surface area contributed by atoms with Crippen LogP contribution in [0.3, 0.4) is 0 Å². The maximum absolute atomic E-state index is 11.6. The zero-order chi connectivity index (χ0) is 24.6. The Hall–Kier alpha value is -3.79. The minimum Gasteiger partial charge on any atom is -0.494 e. The van der Waals surface area contributed by atoms with Gasteiger partial charge in [0.15, 0.2) is 5.82 Å². The highest BCUT2D eigenvalue weighted by Crippen LogP contribution is 2.42. The van der Waals surface area contributed by atoms with E-state index in [-0.39, 0.29) is 12.0 Å². The lowest BCUT2D eigenvalue weighted by molar-refractivity contribution is -0.131. The number of likely N-dealkylation sites (tertiary alicyclic amines) is 1. The lowest BCUT2D eigenvalue weighted by Gasteiger charge is -2.32. The van der Waals surface area contributed by atoms with E-state index in [2.05, 4.69) is 33.4 Å². The van der Waals surface area contributed by atoms with Crippen LogP contribution in [0.5, 0.6) is 0 Å². The number of thiazole rings is 1. The molecule has 4 aromatic rings. The Morgan fingerprint density at radius 2 is 1.97 bits per heavy atom. The molecule has 0 aliphatic carbocycles. The minimum atomic E-state index is 0.133. The number of aromatic amines is 1. The molecule has 36 heavy (non-hydrogen) atoms. The molecule has 1 N–H and O–H groups in total. The van der Waals surface area contributed by atoms with Crippen molar-refractivity contribution in [1.82, 2.24) is 34.8 Å². The van der Waals surface area contributed by atoms with Crippen molar-refractivity contribution in [2.75, 3.05) is 13.1 Å². The second kappa shape index (κ2) is 9.34. The van der Waals surface area contributed by atoms with Crippen LogP contribution in [-0.2, 0) is 16.1 Å². The summed E-state index contributed by atoms with van der Waals surface area (Å²) in [5.74, 6) is 1.81. The summed E-state index contributed by atoms with van der Waals surface area (Å²) in [4.78, 5) is 24.0. The molecule has 2 aliphatic rings. The zero-order valence-corrected chi connectivity index (χ0v) is 21.1. The van der Waals surface area contributed by atoms with E-state index in [1.807, 2.05) is 34.7 Å². The van der Waals surface area contributed by atoms with Gasteiger partial charge in [-0.2, -0.15) is 10.2 Å². The Balaban J connectivity index is 1.34. The van der Waals surface area contributed by atoms with Gasteiger partial charge >= 0.3 is 0 Å². The van der Waals surface area contributed by atoms with Gasteiger partial charge < -0.3 is 9.64 Å². The molecule has 0 bridgehead atoms. The van der Waals surface area contributed by atoms with Crippen molar-refractivity contribution in [3.8, 4) is 32.5 Å². The van der Waals surface area contributed by atoms with Gasteiger partial charge in [-0.05, 0) is 6.92 Å². The maximum Gasteiger partial charge on any atom is 0.219 e. The van der Waals surface area contributed by atoms with Crippen LogP contribution in [0, 0.1) is 6.92 Å². The number of ether oxygens (including phenoxy) is 1. The number of amides is 1. The molecule has 1 saturated heterocycles. The molecule has 0 saturated carbocycles. The fraction of sp³-hybridized carbons (Fsp3) is 0.346. The number of allylic oxidation sites excluding steroid dienone is 1. The predicted molar refractivity (Wildman–Crippen MR) is 138 cm³/mol. The van der Waals surface area contributed by atoms with Crippen molar-refractivity contribution in [2.45, 2.75) is 45.8 Å². The summed E-state index contributed by atoms with van der Waals surface area (Å²) in [6.07, 6.45) is 6.29. The highest BCUT2D eigenvalue weighted by molar-refractivity contribution is 7.18. The molecule has 0 atom stereocenters. The summed E-state index contributed by atoms with van der Waals surface area (Å²) in [5.41, 5.74) is 4.89. The van der Waals surface area contributed by atoms with Gasteiger partial charge in [-0.15, -0.1) is 11.3 Å². The summed E-state index contributed by atoms with van der Waals surface area (Å²) >= 11 is 1.59. The third-order valence-corrected chi connectivity index (χ3v) is 7.84. The van der Waals surface area contributed by atoms with Gasteiger partial charge in [0.25, 0.3) is 0 Å². The topological polar surface area (TPSA) is 102 Å². The van der Waals surface area contributed by atoms with Crippen LogP contribution >= 0.6 is 11.3 Å². The van der Waals surface area contributed by atoms with E-state index in [0.717, 1.165) is 82.7 Å². The van der Waals surface area contributed by atoms with Crippen molar-refractivity contribution in [3.05, 3.63) is 53.8 Å². The molecule has 3 aromatic heterocycles. The fourth-order valence-corrected chi connectivity index (χ4v) is 6.05. The number of aromatic nitrogens is 6. The van der Waals surface area contributed by atoms with Crippen molar-refractivity contribution >= 4 is 23.3 Å². The van der Waals surface area contributed by atoms with Crippen LogP contribution in [0.1, 0.15) is 37.6 Å². The Morgan fingerprint density at radius 1 is 1.17 bits per heavy atom. The summed E-state index contributed by atoms with van der Waals surface area (Å²) in [5, 5.41) is 12.8. The van der Waals surface area contributed by atoms with Crippen LogP contribution in [0.4, 0.5) is 0 Å². The number of piperidine rings is 1. The molecule has 10 heteroatoms. The molecule has 0 spiro atoms. The van der Waals surface area contributed by atoms with E-state index in [1.54, 1.807) is 18.3 Å². The lowest BCUT2D eigenvalue weighted by atomic mass is 10.1. The first-order valence-corrected chi connectivity index (χ1v) is 13.0. The van der Waals surface area contributed by atoms with Crippen molar-refractivity contribution in [2.24, 2.45) is 0 Å². The SMILES string of the molecule is CC(=O)N1CCC(OC2=Cc3c(-c4nc(-c5ccccc5)c(-c5ncn[nH]5)s4)c(C)nn3CC2)CC1. The first-order valence-electron chi connectivity index (χ1n) is 12.2. The third kappa shape index (κ3) is 4.21. The Kier molecular flexibility index (Phi) is 5.88. The fourth-order valence-electron chi connectivity index (χ4n) is 4.91. The van der Waals surface area contributed by atoms with E-state index in [0.29, 0.717) is 5.82 Å². The van der Waals surface area contributed by atoms with Crippen molar-refractivity contribution in [1.29, 1.82) is 0 Å². The van der Waals surface area contributed by atoms with Gasteiger partial charge in [0.05, 0.1) is 27.5 Å². The molecule has 0 radical (unpaired) electrons. The van der Waals surface area contributed by atoms with Crippen LogP contribution in [-0.4, -0.2) is 59.9 Å². The van der Waals surface area contributed by atoms with Crippen LogP contribution in [0.2, 0.25) is 0 Å². The van der Waals surface area contributed by atoms with E-state index in [9.17, 15) is 4.79 Å². The third-order valence-electron chi connectivity index (χ3n) is 6.76. The highest BCUT2D eigenvalue weighted by Gasteiger charge is 2.27. The molecular weight excluding hydrogens is 474 g/mol. The predicted octanol–water partition coefficient (Wildman–Crippen LogP) is 4.54. The normalized spacial score (nSPS) is 16.1. The van der Waals surface area contributed by atoms with E-state index < -0.39 is 0 Å². The molecule has 0 unspecified atom stereocenters. The average molecular weight is 502 g/mol. The molecule has 1 amide bonds. The van der Waals surface area contributed by atoms with Crippen LogP contribution < -0.4 is 0 Å². The van der Waals surface area contributed by atoms with Crippen molar-refractivity contribution in [3.63, 3.8) is 0 Å². The van der Waals surface area contributed by atoms with Gasteiger partial charge in [0.1, 0.15) is 23.2 Å². The number of benzene rings is 1. The van der Waals surface area contributed by atoms with E-state index >= 15 is 0 Å². The van der Waals surface area contributed by atoms with Crippen LogP contribution in [0.25, 0.3) is 38.6 Å². The number of H-pyrrole nitrogens is 1. The summed E-state index contributed by atoms with van der Waals surface area (Å²) in [7, 11) is 0. The first kappa shape index (κ1) is 22.7. The Morgan fingerprint density at radius 3 is 2.69 bits per heavy atom. The van der Waals surface area contributed by atoms with Crippen LogP contribution in [0.15, 0.2) is 42.4 Å². The average Bonchev–Trinajstić information content (AvgIpc) is 3.63.